The summed E-state index contributed by atoms with van der Waals surface area (Å²) in [5, 5.41) is 0. The first-order chi connectivity index (χ1) is 13.2. The van der Waals surface area contributed by atoms with Gasteiger partial charge in [0.05, 0.1) is 22.3 Å². The second-order valence-electron chi connectivity index (χ2n) is 6.97. The summed E-state index contributed by atoms with van der Waals surface area (Å²) < 4.78 is 1.84. The van der Waals surface area contributed by atoms with Crippen LogP contribution in [0.3, 0.4) is 0 Å². The van der Waals surface area contributed by atoms with Gasteiger partial charge >= 0.3 is 5.69 Å². The van der Waals surface area contributed by atoms with Crippen LogP contribution in [0, 0.1) is 0 Å². The van der Waals surface area contributed by atoms with Crippen molar-refractivity contribution in [3.05, 3.63) is 58.5 Å². The number of aromatic nitrogens is 4. The average molecular weight is 365 g/mol. The normalized spacial score (nSPS) is 15.4. The third-order valence-corrected chi connectivity index (χ3v) is 5.25. The van der Waals surface area contributed by atoms with E-state index in [-0.39, 0.29) is 17.6 Å². The number of H-pyrrole nitrogens is 1. The number of nitrogens with one attached hydrogen (secondary N) is 1. The van der Waals surface area contributed by atoms with Gasteiger partial charge in [-0.3, -0.25) is 9.36 Å². The first-order valence-corrected chi connectivity index (χ1v) is 9.46. The molecule has 1 fully saturated rings. The van der Waals surface area contributed by atoms with Crippen LogP contribution in [-0.4, -0.2) is 43.4 Å². The minimum atomic E-state index is -0.0809. The fraction of sp³-hybridized carbons (Fsp3) is 0.400. The lowest BCUT2D eigenvalue weighted by molar-refractivity contribution is 0.0693. The van der Waals surface area contributed by atoms with E-state index in [1.165, 1.54) is 6.33 Å². The summed E-state index contributed by atoms with van der Waals surface area (Å²) in [6, 6.07) is 7.83. The molecule has 0 radical (unpaired) electrons. The van der Waals surface area contributed by atoms with Crippen molar-refractivity contribution in [1.29, 1.82) is 0 Å². The van der Waals surface area contributed by atoms with Crippen molar-refractivity contribution < 1.29 is 4.79 Å². The zero-order valence-electron chi connectivity index (χ0n) is 15.4. The predicted octanol–water partition coefficient (Wildman–Crippen LogP) is 2.55. The van der Waals surface area contributed by atoms with Crippen LogP contribution in [0.2, 0.25) is 0 Å². The topological polar surface area (TPSA) is 83.9 Å². The van der Waals surface area contributed by atoms with Gasteiger partial charge in [0.2, 0.25) is 0 Å². The molecule has 0 spiro atoms. The van der Waals surface area contributed by atoms with Gasteiger partial charge in [-0.1, -0.05) is 25.5 Å². The third kappa shape index (κ3) is 3.25. The highest BCUT2D eigenvalue weighted by atomic mass is 16.2. The van der Waals surface area contributed by atoms with Gasteiger partial charge < -0.3 is 9.88 Å². The number of benzene rings is 1. The molecule has 0 atom stereocenters. The van der Waals surface area contributed by atoms with Crippen LogP contribution in [-0.2, 0) is 6.42 Å². The minimum Gasteiger partial charge on any atom is -0.338 e. The minimum absolute atomic E-state index is 0.0104. The Bertz CT molecular complexity index is 1010. The molecule has 27 heavy (non-hydrogen) atoms. The number of para-hydroxylation sites is 2. The van der Waals surface area contributed by atoms with E-state index in [0.717, 1.165) is 42.4 Å². The van der Waals surface area contributed by atoms with Gasteiger partial charge in [0.15, 0.2) is 0 Å². The first kappa shape index (κ1) is 17.5. The van der Waals surface area contributed by atoms with E-state index in [9.17, 15) is 9.59 Å². The number of imidazole rings is 1. The molecule has 1 aliphatic rings. The standard InChI is InChI=1S/C20H23N5O2/c1-2-5-16-15(12-21-13-22-16)19(26)24-10-8-14(9-11-24)25-18-7-4-3-6-17(18)23-20(25)27/h3-4,6-7,12-14H,2,5,8-11H2,1H3,(H,23,27). The Morgan fingerprint density at radius 2 is 2.04 bits per heavy atom. The van der Waals surface area contributed by atoms with Crippen LogP contribution < -0.4 is 5.69 Å². The second kappa shape index (κ2) is 7.34. The summed E-state index contributed by atoms with van der Waals surface area (Å²) in [7, 11) is 0. The molecule has 3 aromatic rings. The lowest BCUT2D eigenvalue weighted by Gasteiger charge is -2.32. The molecule has 3 heterocycles. The molecule has 2 aromatic heterocycles. The highest BCUT2D eigenvalue weighted by Crippen LogP contribution is 2.26. The maximum atomic E-state index is 12.9. The number of nitrogens with zero attached hydrogens (tertiary/aromatic N) is 4. The van der Waals surface area contributed by atoms with Gasteiger partial charge in [-0.2, -0.15) is 0 Å². The van der Waals surface area contributed by atoms with E-state index in [4.69, 9.17) is 0 Å². The quantitative estimate of drug-likeness (QED) is 0.770. The molecule has 7 heteroatoms. The van der Waals surface area contributed by atoms with Gasteiger partial charge in [0.1, 0.15) is 6.33 Å². The number of carbonyl (C=O) groups excluding carboxylic acids is 1. The summed E-state index contributed by atoms with van der Waals surface area (Å²) >= 11 is 0. The van der Waals surface area contributed by atoms with Crippen molar-refractivity contribution in [2.75, 3.05) is 13.1 Å². The fourth-order valence-corrected chi connectivity index (χ4v) is 3.90. The largest absolute Gasteiger partial charge is 0.338 e. The third-order valence-electron chi connectivity index (χ3n) is 5.25. The Kier molecular flexibility index (Phi) is 4.75. The Balaban J connectivity index is 1.51. The van der Waals surface area contributed by atoms with Gasteiger partial charge in [-0.25, -0.2) is 14.8 Å². The SMILES string of the molecule is CCCc1ncncc1C(=O)N1CCC(n2c(=O)[nH]c3ccccc32)CC1. The molecule has 1 N–H and O–H groups in total. The van der Waals surface area contributed by atoms with Crippen molar-refractivity contribution in [2.24, 2.45) is 0 Å². The van der Waals surface area contributed by atoms with Gasteiger partial charge in [-0.05, 0) is 31.4 Å². The Morgan fingerprint density at radius 3 is 2.81 bits per heavy atom. The summed E-state index contributed by atoms with van der Waals surface area (Å²) in [4.78, 5) is 38.4. The molecule has 0 saturated carbocycles. The number of carbonyl (C=O) groups is 1. The summed E-state index contributed by atoms with van der Waals surface area (Å²) in [5.74, 6) is -0.0104. The van der Waals surface area contributed by atoms with Crippen molar-refractivity contribution >= 4 is 16.9 Å². The molecule has 0 unspecified atom stereocenters. The van der Waals surface area contributed by atoms with Gasteiger partial charge in [-0.15, -0.1) is 0 Å². The number of aryl methyl sites for hydroxylation is 1. The fourth-order valence-electron chi connectivity index (χ4n) is 3.90. The molecule has 7 nitrogen and oxygen atoms in total. The summed E-state index contributed by atoms with van der Waals surface area (Å²) in [6.45, 7) is 3.31. The number of aromatic amines is 1. The van der Waals surface area contributed by atoms with Crippen molar-refractivity contribution in [2.45, 2.75) is 38.6 Å². The van der Waals surface area contributed by atoms with Gasteiger partial charge in [0, 0.05) is 25.3 Å². The Labute approximate surface area is 157 Å². The summed E-state index contributed by atoms with van der Waals surface area (Å²) in [6.07, 6.45) is 6.33. The number of fused-ring (bicyclic) bond motifs is 1. The van der Waals surface area contributed by atoms with Crippen LogP contribution in [0.25, 0.3) is 11.0 Å². The zero-order valence-corrected chi connectivity index (χ0v) is 15.4. The molecule has 4 rings (SSSR count). The Hall–Kier alpha value is -2.96. The van der Waals surface area contributed by atoms with Crippen molar-refractivity contribution in [1.82, 2.24) is 24.4 Å². The van der Waals surface area contributed by atoms with Crippen molar-refractivity contribution in [3.63, 3.8) is 0 Å². The molecular formula is C20H23N5O2. The smallest absolute Gasteiger partial charge is 0.326 e. The lowest BCUT2D eigenvalue weighted by atomic mass is 10.0. The molecule has 140 valence electrons. The van der Waals surface area contributed by atoms with Crippen LogP contribution in [0.4, 0.5) is 0 Å². The number of piperidine rings is 1. The van der Waals surface area contributed by atoms with E-state index < -0.39 is 0 Å². The maximum Gasteiger partial charge on any atom is 0.326 e. The van der Waals surface area contributed by atoms with E-state index in [2.05, 4.69) is 21.9 Å². The van der Waals surface area contributed by atoms with Crippen molar-refractivity contribution in [3.8, 4) is 0 Å². The molecule has 0 bridgehead atoms. The Morgan fingerprint density at radius 1 is 1.26 bits per heavy atom. The van der Waals surface area contributed by atoms with E-state index >= 15 is 0 Å². The average Bonchev–Trinajstić information content (AvgIpc) is 3.04. The number of hydrogen-bond donors (Lipinski definition) is 1. The lowest BCUT2D eigenvalue weighted by Crippen LogP contribution is -2.41. The second-order valence-corrected chi connectivity index (χ2v) is 6.97. The zero-order chi connectivity index (χ0) is 18.8. The predicted molar refractivity (Wildman–Crippen MR) is 103 cm³/mol. The van der Waals surface area contributed by atoms with Crippen LogP contribution in [0.1, 0.15) is 48.3 Å². The number of likely N-dealkylation sites (tertiary alicyclic amines) is 1. The highest BCUT2D eigenvalue weighted by Gasteiger charge is 2.27. The summed E-state index contributed by atoms with van der Waals surface area (Å²) in [5.41, 5.74) is 3.11. The molecule has 1 aromatic carbocycles. The number of amides is 1. The molecule has 0 aliphatic carbocycles. The van der Waals surface area contributed by atoms with Gasteiger partial charge in [0.25, 0.3) is 5.91 Å². The number of rotatable bonds is 4. The first-order valence-electron chi connectivity index (χ1n) is 9.46. The van der Waals surface area contributed by atoms with E-state index in [0.29, 0.717) is 18.7 Å². The monoisotopic (exact) mass is 365 g/mol. The molecule has 1 aliphatic heterocycles. The molecular weight excluding hydrogens is 342 g/mol. The van der Waals surface area contributed by atoms with Crippen LogP contribution >= 0.6 is 0 Å². The van der Waals surface area contributed by atoms with E-state index in [1.54, 1.807) is 6.20 Å². The number of hydrogen-bond acceptors (Lipinski definition) is 4. The van der Waals surface area contributed by atoms with E-state index in [1.807, 2.05) is 33.7 Å². The molecule has 1 amide bonds. The van der Waals surface area contributed by atoms with Crippen LogP contribution in [0.5, 0.6) is 0 Å². The maximum absolute atomic E-state index is 12.9. The highest BCUT2D eigenvalue weighted by molar-refractivity contribution is 5.95. The molecule has 1 saturated heterocycles. The van der Waals surface area contributed by atoms with Crippen LogP contribution in [0.15, 0.2) is 41.6 Å².